The molecule has 1 aromatic rings. The van der Waals surface area contributed by atoms with Crippen LogP contribution in [0.25, 0.3) is 0 Å². The molecule has 3 N–H and O–H groups in total. The van der Waals surface area contributed by atoms with Crippen LogP contribution in [0.4, 0.5) is 4.79 Å². The second kappa shape index (κ2) is 8.36. The molecule has 1 saturated carbocycles. The molecular formula is C20H28N4O5. The molecule has 1 unspecified atom stereocenters. The zero-order valence-electron chi connectivity index (χ0n) is 17.0. The van der Waals surface area contributed by atoms with Crippen LogP contribution in [0.15, 0.2) is 18.3 Å². The van der Waals surface area contributed by atoms with Crippen molar-refractivity contribution >= 4 is 17.8 Å². The number of hydrogen-bond donors (Lipinski definition) is 2. The Morgan fingerprint density at radius 1 is 1.28 bits per heavy atom. The van der Waals surface area contributed by atoms with Crippen LogP contribution in [0.3, 0.4) is 0 Å². The molecule has 1 saturated heterocycles. The second-order valence-electron chi connectivity index (χ2n) is 8.40. The lowest BCUT2D eigenvalue weighted by Crippen LogP contribution is -2.44. The van der Waals surface area contributed by atoms with Gasteiger partial charge in [0, 0.05) is 12.2 Å². The van der Waals surface area contributed by atoms with E-state index in [0.29, 0.717) is 25.7 Å². The molecule has 1 aliphatic heterocycles. The number of amides is 4. The topological polar surface area (TPSA) is 124 Å². The number of nitrogens with two attached hydrogens (primary N) is 1. The summed E-state index contributed by atoms with van der Waals surface area (Å²) in [6.45, 7) is 5.86. The van der Waals surface area contributed by atoms with Crippen LogP contribution in [0.2, 0.25) is 0 Å². The van der Waals surface area contributed by atoms with Crippen LogP contribution in [0.5, 0.6) is 5.88 Å². The van der Waals surface area contributed by atoms with Crippen molar-refractivity contribution in [1.82, 2.24) is 15.2 Å². The Kier molecular flexibility index (Phi) is 6.07. The average molecular weight is 404 g/mol. The zero-order chi connectivity index (χ0) is 21.2. The van der Waals surface area contributed by atoms with Crippen molar-refractivity contribution in [1.29, 1.82) is 0 Å². The molecule has 0 radical (unpaired) electrons. The number of carbonyl (C=O) groups is 3. The predicted molar refractivity (Wildman–Crippen MR) is 104 cm³/mol. The van der Waals surface area contributed by atoms with Crippen LogP contribution in [-0.2, 0) is 9.53 Å². The Balaban J connectivity index is 1.56. The highest BCUT2D eigenvalue weighted by Crippen LogP contribution is 2.29. The van der Waals surface area contributed by atoms with Gasteiger partial charge in [0.1, 0.15) is 17.7 Å². The highest BCUT2D eigenvalue weighted by Gasteiger charge is 2.43. The van der Waals surface area contributed by atoms with Gasteiger partial charge >= 0.3 is 6.03 Å². The number of hydrogen-bond acceptors (Lipinski definition) is 6. The number of pyridine rings is 1. The van der Waals surface area contributed by atoms with Crippen molar-refractivity contribution in [2.45, 2.75) is 70.2 Å². The number of nitrogens with zero attached hydrogens (tertiary/aromatic N) is 2. The van der Waals surface area contributed by atoms with E-state index in [1.165, 1.54) is 4.90 Å². The van der Waals surface area contributed by atoms with Crippen molar-refractivity contribution in [3.63, 3.8) is 0 Å². The maximum Gasteiger partial charge on any atom is 0.325 e. The van der Waals surface area contributed by atoms with Crippen LogP contribution >= 0.6 is 0 Å². The van der Waals surface area contributed by atoms with Crippen molar-refractivity contribution in [3.8, 4) is 5.88 Å². The lowest BCUT2D eigenvalue weighted by molar-refractivity contribution is -0.132. The molecule has 9 nitrogen and oxygen atoms in total. The molecule has 0 bridgehead atoms. The molecular weight excluding hydrogens is 376 g/mol. The molecule has 29 heavy (non-hydrogen) atoms. The van der Waals surface area contributed by atoms with E-state index in [4.69, 9.17) is 15.2 Å². The Hall–Kier alpha value is -2.68. The molecule has 1 aliphatic carbocycles. The standard InChI is InChI=1S/C20H28N4O5/c1-20(2,3)28-11-15-18(26)24(19(27)23-15)12-6-8-13(9-7-12)29-17-14(16(21)25)5-4-10-22-17/h4-5,10,12-13,15H,6-9,11H2,1-3H3,(H2,21,25)(H,23,27)/t12-,13-,15?. The van der Waals surface area contributed by atoms with E-state index in [1.54, 1.807) is 18.3 Å². The largest absolute Gasteiger partial charge is 0.474 e. The molecule has 1 atom stereocenters. The SMILES string of the molecule is CC(C)(C)OCC1NC(=O)N([C@H]2CC[C@H](Oc3ncccc3C(N)=O)CC2)C1=O. The zero-order valence-corrected chi connectivity index (χ0v) is 17.0. The van der Waals surface area contributed by atoms with Gasteiger partial charge in [0.2, 0.25) is 5.88 Å². The number of aromatic nitrogens is 1. The lowest BCUT2D eigenvalue weighted by atomic mass is 9.92. The van der Waals surface area contributed by atoms with Gasteiger partial charge in [0.15, 0.2) is 0 Å². The van der Waals surface area contributed by atoms with Crippen molar-refractivity contribution in [2.75, 3.05) is 6.61 Å². The van der Waals surface area contributed by atoms with E-state index in [9.17, 15) is 14.4 Å². The summed E-state index contributed by atoms with van der Waals surface area (Å²) >= 11 is 0. The number of rotatable bonds is 6. The summed E-state index contributed by atoms with van der Waals surface area (Å²) in [7, 11) is 0. The van der Waals surface area contributed by atoms with Gasteiger partial charge in [-0.1, -0.05) is 0 Å². The van der Waals surface area contributed by atoms with E-state index in [2.05, 4.69) is 10.3 Å². The smallest absolute Gasteiger partial charge is 0.325 e. The maximum absolute atomic E-state index is 12.7. The molecule has 1 aromatic heterocycles. The van der Waals surface area contributed by atoms with E-state index >= 15 is 0 Å². The third-order valence-electron chi connectivity index (χ3n) is 5.06. The fraction of sp³-hybridized carbons (Fsp3) is 0.600. The molecule has 9 heteroatoms. The van der Waals surface area contributed by atoms with Gasteiger partial charge in [-0.2, -0.15) is 0 Å². The van der Waals surface area contributed by atoms with Gasteiger partial charge in [-0.3, -0.25) is 14.5 Å². The van der Waals surface area contributed by atoms with E-state index in [0.717, 1.165) is 0 Å². The summed E-state index contributed by atoms with van der Waals surface area (Å²) in [5.41, 5.74) is 5.22. The predicted octanol–water partition coefficient (Wildman–Crippen LogP) is 1.61. The van der Waals surface area contributed by atoms with Crippen molar-refractivity contribution in [3.05, 3.63) is 23.9 Å². The highest BCUT2D eigenvalue weighted by molar-refractivity contribution is 6.04. The fourth-order valence-corrected chi connectivity index (χ4v) is 3.59. The van der Waals surface area contributed by atoms with Crippen LogP contribution in [-0.4, -0.2) is 58.1 Å². The van der Waals surface area contributed by atoms with Gasteiger partial charge in [-0.25, -0.2) is 9.78 Å². The minimum atomic E-state index is -0.651. The minimum absolute atomic E-state index is 0.151. The second-order valence-corrected chi connectivity index (χ2v) is 8.40. The van der Waals surface area contributed by atoms with E-state index in [-0.39, 0.29) is 47.7 Å². The summed E-state index contributed by atoms with van der Waals surface area (Å²) in [4.78, 5) is 42.0. The number of urea groups is 1. The monoisotopic (exact) mass is 404 g/mol. The van der Waals surface area contributed by atoms with E-state index in [1.807, 2.05) is 20.8 Å². The summed E-state index contributed by atoms with van der Waals surface area (Å²) in [6, 6.07) is 2.00. The Labute approximate surface area is 169 Å². The Morgan fingerprint density at radius 3 is 2.59 bits per heavy atom. The number of ether oxygens (including phenoxy) is 2. The van der Waals surface area contributed by atoms with Crippen LogP contribution in [0.1, 0.15) is 56.8 Å². The summed E-state index contributed by atoms with van der Waals surface area (Å²) in [6.07, 6.45) is 3.91. The first kappa shape index (κ1) is 21.0. The number of nitrogens with one attached hydrogen (secondary N) is 1. The van der Waals surface area contributed by atoms with Crippen molar-refractivity contribution < 1.29 is 23.9 Å². The molecule has 2 heterocycles. The van der Waals surface area contributed by atoms with Gasteiger partial charge in [-0.15, -0.1) is 0 Å². The quantitative estimate of drug-likeness (QED) is 0.694. The molecule has 2 aliphatic rings. The number of carbonyl (C=O) groups excluding carboxylic acids is 3. The first-order valence-electron chi connectivity index (χ1n) is 9.84. The fourth-order valence-electron chi connectivity index (χ4n) is 3.59. The molecule has 4 amide bonds. The molecule has 3 rings (SSSR count). The van der Waals surface area contributed by atoms with Gasteiger partial charge < -0.3 is 20.5 Å². The van der Waals surface area contributed by atoms with Gasteiger partial charge in [0.25, 0.3) is 11.8 Å². The third-order valence-corrected chi connectivity index (χ3v) is 5.06. The number of imide groups is 1. The molecule has 0 aromatic carbocycles. The molecule has 0 spiro atoms. The summed E-state index contributed by atoms with van der Waals surface area (Å²) in [5.74, 6) is -0.619. The van der Waals surface area contributed by atoms with Crippen LogP contribution < -0.4 is 15.8 Å². The van der Waals surface area contributed by atoms with Crippen LogP contribution in [0, 0.1) is 0 Å². The third kappa shape index (κ3) is 5.03. The Bertz CT molecular complexity index is 783. The van der Waals surface area contributed by atoms with Crippen molar-refractivity contribution in [2.24, 2.45) is 5.73 Å². The molecule has 158 valence electrons. The maximum atomic E-state index is 12.7. The average Bonchev–Trinajstić information content (AvgIpc) is 2.94. The molecule has 2 fully saturated rings. The normalized spacial score (nSPS) is 25.1. The first-order valence-corrected chi connectivity index (χ1v) is 9.84. The number of primary amides is 1. The highest BCUT2D eigenvalue weighted by atomic mass is 16.5. The van der Waals surface area contributed by atoms with E-state index < -0.39 is 11.9 Å². The first-order chi connectivity index (χ1) is 13.7. The summed E-state index contributed by atoms with van der Waals surface area (Å²) < 4.78 is 11.5. The van der Waals surface area contributed by atoms with Gasteiger partial charge in [0.05, 0.1) is 12.2 Å². The minimum Gasteiger partial charge on any atom is -0.474 e. The Morgan fingerprint density at radius 2 is 1.97 bits per heavy atom. The van der Waals surface area contributed by atoms with Gasteiger partial charge in [-0.05, 0) is 58.6 Å². The summed E-state index contributed by atoms with van der Waals surface area (Å²) in [5, 5.41) is 2.71. The lowest BCUT2D eigenvalue weighted by Gasteiger charge is -2.33.